The van der Waals surface area contributed by atoms with Gasteiger partial charge in [-0.05, 0) is 6.07 Å². The molecule has 1 fully saturated rings. The molecule has 7 N–H and O–H groups in total. The predicted octanol–water partition coefficient (Wildman–Crippen LogP) is -0.389. The molecular formula is C15H19N3O20P4. The number of rotatable bonds is 13. The lowest BCUT2D eigenvalue weighted by Gasteiger charge is -2.20. The molecule has 0 radical (unpaired) electrons. The molecule has 0 spiro atoms. The summed E-state index contributed by atoms with van der Waals surface area (Å²) < 4.78 is 73.9. The van der Waals surface area contributed by atoms with Crippen LogP contribution in [-0.4, -0.2) is 69.2 Å². The molecule has 1 aromatic heterocycles. The first-order valence-electron chi connectivity index (χ1n) is 10.6. The maximum Gasteiger partial charge on any atom is 0.536 e. The van der Waals surface area contributed by atoms with E-state index in [0.29, 0.717) is 10.6 Å². The predicted molar refractivity (Wildman–Crippen MR) is 129 cm³/mol. The molecule has 1 aliphatic heterocycles. The van der Waals surface area contributed by atoms with Crippen LogP contribution in [0.25, 0.3) is 0 Å². The van der Waals surface area contributed by atoms with Crippen LogP contribution in [0.5, 0.6) is 5.75 Å². The van der Waals surface area contributed by atoms with Gasteiger partial charge >= 0.3 is 37.0 Å². The van der Waals surface area contributed by atoms with Crippen molar-refractivity contribution in [1.82, 2.24) is 9.55 Å². The molecule has 234 valence electrons. The lowest BCUT2D eigenvalue weighted by atomic mass is 10.1. The Morgan fingerprint density at radius 3 is 2.12 bits per heavy atom. The van der Waals surface area contributed by atoms with Gasteiger partial charge in [-0.1, -0.05) is 6.07 Å². The van der Waals surface area contributed by atoms with E-state index in [0.717, 1.165) is 30.5 Å². The van der Waals surface area contributed by atoms with Crippen LogP contribution in [0.3, 0.4) is 0 Å². The van der Waals surface area contributed by atoms with Gasteiger partial charge in [-0.25, -0.2) is 23.1 Å². The summed E-state index contributed by atoms with van der Waals surface area (Å²) in [4.78, 5) is 73.3. The van der Waals surface area contributed by atoms with Crippen molar-refractivity contribution < 1.29 is 79.7 Å². The van der Waals surface area contributed by atoms with Crippen molar-refractivity contribution >= 4 is 37.0 Å². The second-order valence-corrected chi connectivity index (χ2v) is 14.0. The average molecular weight is 685 g/mol. The van der Waals surface area contributed by atoms with Crippen LogP contribution in [0.1, 0.15) is 6.23 Å². The Hall–Kier alpha value is -2.42. The van der Waals surface area contributed by atoms with E-state index in [2.05, 4.69) is 22.0 Å². The standard InChI is InChI=1S/C15H19N3O20P4/c19-11-4-5-17(15(22)16-11)14-13(21)12(20)10(34-14)7-33-39(25,26)36-41(29,30)38-42(31,32)37-40(27,28)35-9-3-1-2-8(6-9)18(23)24/h1-6,10,12-14,20-21H,7H2,(H,25,26)(H,27,28)(H,29,30)(H,31,32)(H,16,19,22)/t10-,12-,13-,14-/m1/s1. The second kappa shape index (κ2) is 12.7. The number of nitro benzene ring substituents is 1. The number of H-pyrrole nitrogens is 1. The number of hydrogen-bond donors (Lipinski definition) is 7. The molecule has 27 heteroatoms. The Labute approximate surface area is 231 Å². The van der Waals surface area contributed by atoms with Gasteiger partial charge in [0, 0.05) is 18.3 Å². The molecule has 2 aromatic rings. The number of benzene rings is 1. The quantitative estimate of drug-likeness (QED) is 0.0801. The van der Waals surface area contributed by atoms with E-state index < -0.39 is 90.0 Å². The molecule has 0 saturated carbocycles. The first kappa shape index (κ1) is 34.1. The number of phosphoric acid groups is 4. The number of nitrogens with zero attached hydrogens (tertiary/aromatic N) is 2. The van der Waals surface area contributed by atoms with E-state index in [-0.39, 0.29) is 0 Å². The summed E-state index contributed by atoms with van der Waals surface area (Å²) in [6.07, 6.45) is -6.20. The fraction of sp³-hybridized carbons (Fsp3) is 0.333. The van der Waals surface area contributed by atoms with Gasteiger partial charge in [0.25, 0.3) is 11.2 Å². The molecule has 0 bridgehead atoms. The zero-order valence-electron chi connectivity index (χ0n) is 20.1. The van der Waals surface area contributed by atoms with E-state index in [1.54, 1.807) is 0 Å². The minimum atomic E-state index is -6.17. The molecular weight excluding hydrogens is 666 g/mol. The summed E-state index contributed by atoms with van der Waals surface area (Å²) in [5, 5.41) is 31.0. The number of non-ortho nitro benzene ring substituents is 1. The molecule has 3 rings (SSSR count). The molecule has 1 aromatic carbocycles. The summed E-state index contributed by atoms with van der Waals surface area (Å²) in [5.41, 5.74) is -2.49. The Balaban J connectivity index is 1.60. The van der Waals surface area contributed by atoms with Crippen molar-refractivity contribution in [3.05, 3.63) is 67.5 Å². The molecule has 0 amide bonds. The highest BCUT2D eigenvalue weighted by atomic mass is 31.3. The fourth-order valence-electron chi connectivity index (χ4n) is 3.14. The lowest BCUT2D eigenvalue weighted by molar-refractivity contribution is -0.384. The molecule has 1 aliphatic rings. The highest BCUT2D eigenvalue weighted by Crippen LogP contribution is 2.71. The van der Waals surface area contributed by atoms with Crippen molar-refractivity contribution in [3.63, 3.8) is 0 Å². The summed E-state index contributed by atoms with van der Waals surface area (Å²) in [7, 11) is -23.8. The van der Waals surface area contributed by atoms with Crippen molar-refractivity contribution in [1.29, 1.82) is 0 Å². The van der Waals surface area contributed by atoms with E-state index in [1.165, 1.54) is 0 Å². The smallest absolute Gasteiger partial charge is 0.404 e. The molecule has 8 atom stereocenters. The number of aromatic amines is 1. The van der Waals surface area contributed by atoms with Crippen LogP contribution in [0, 0.1) is 10.1 Å². The number of nitrogens with one attached hydrogen (secondary N) is 1. The minimum absolute atomic E-state index is 0.611. The molecule has 2 heterocycles. The molecule has 1 saturated heterocycles. The maximum absolute atomic E-state index is 12.1. The first-order chi connectivity index (χ1) is 19.2. The number of phosphoric ester groups is 2. The maximum atomic E-state index is 12.1. The Bertz CT molecular complexity index is 1640. The first-order valence-corrected chi connectivity index (χ1v) is 16.5. The number of nitro groups is 1. The second-order valence-electron chi connectivity index (χ2n) is 7.82. The third kappa shape index (κ3) is 9.29. The van der Waals surface area contributed by atoms with Gasteiger partial charge in [-0.15, -0.1) is 0 Å². The number of hydrogen-bond acceptors (Lipinski definition) is 16. The minimum Gasteiger partial charge on any atom is -0.404 e. The fourth-order valence-corrected chi connectivity index (χ4v) is 8.08. The zero-order chi connectivity index (χ0) is 31.7. The van der Waals surface area contributed by atoms with Crippen LogP contribution in [0.4, 0.5) is 5.69 Å². The highest BCUT2D eigenvalue weighted by Gasteiger charge is 2.48. The molecule has 42 heavy (non-hydrogen) atoms. The monoisotopic (exact) mass is 685 g/mol. The zero-order valence-corrected chi connectivity index (χ0v) is 23.6. The van der Waals surface area contributed by atoms with E-state index in [1.807, 2.05) is 4.98 Å². The number of aliphatic hydroxyl groups is 2. The third-order valence-corrected chi connectivity index (χ3v) is 10.6. The van der Waals surface area contributed by atoms with Crippen LogP contribution < -0.4 is 15.8 Å². The van der Waals surface area contributed by atoms with Gasteiger partial charge in [0.1, 0.15) is 24.1 Å². The van der Waals surface area contributed by atoms with Crippen LogP contribution in [0.15, 0.2) is 46.1 Å². The van der Waals surface area contributed by atoms with Crippen molar-refractivity contribution in [2.45, 2.75) is 24.5 Å². The van der Waals surface area contributed by atoms with Gasteiger partial charge in [0.05, 0.1) is 17.6 Å². The highest BCUT2D eigenvalue weighted by molar-refractivity contribution is 7.69. The van der Waals surface area contributed by atoms with Gasteiger partial charge < -0.3 is 34.2 Å². The largest absolute Gasteiger partial charge is 0.536 e. The van der Waals surface area contributed by atoms with Crippen molar-refractivity contribution in [2.24, 2.45) is 0 Å². The van der Waals surface area contributed by atoms with Gasteiger partial charge in [-0.3, -0.25) is 33.9 Å². The normalized spacial score (nSPS) is 26.3. The molecule has 0 aliphatic carbocycles. The number of aromatic nitrogens is 2. The summed E-state index contributed by atoms with van der Waals surface area (Å²) in [5.74, 6) is -0.721. The van der Waals surface area contributed by atoms with E-state index >= 15 is 0 Å². The summed E-state index contributed by atoms with van der Waals surface area (Å²) in [6, 6.07) is 4.34. The van der Waals surface area contributed by atoms with Crippen LogP contribution in [-0.2, 0) is 40.5 Å². The topological polar surface area (TPSA) is 343 Å². The molecule has 23 nitrogen and oxygen atoms in total. The van der Waals surface area contributed by atoms with E-state index in [9.17, 15) is 67.8 Å². The van der Waals surface area contributed by atoms with Gasteiger partial charge in [-0.2, -0.15) is 12.9 Å². The van der Waals surface area contributed by atoms with Crippen molar-refractivity contribution in [3.8, 4) is 5.75 Å². The SMILES string of the molecule is O=c1ccn([C@@H]2O[C@H](COP(=O)(O)OP(=O)(O)OP(=O)(O)OP(=O)(O)Oc3cccc([N+](=O)[O-])c3)[C@@H](O)[C@H]2O)c(=O)[nH]1. The lowest BCUT2D eigenvalue weighted by Crippen LogP contribution is -2.37. The van der Waals surface area contributed by atoms with Crippen LogP contribution >= 0.6 is 31.3 Å². The summed E-state index contributed by atoms with van der Waals surface area (Å²) in [6.45, 7) is -1.18. The van der Waals surface area contributed by atoms with Gasteiger partial charge in [0.15, 0.2) is 6.23 Å². The van der Waals surface area contributed by atoms with Gasteiger partial charge in [0.2, 0.25) is 0 Å². The molecule has 4 unspecified atom stereocenters. The number of ether oxygens (including phenoxy) is 1. The third-order valence-electron chi connectivity index (χ3n) is 4.73. The average Bonchev–Trinajstić information content (AvgIpc) is 3.09. The van der Waals surface area contributed by atoms with E-state index in [4.69, 9.17) is 4.74 Å². The van der Waals surface area contributed by atoms with Crippen molar-refractivity contribution in [2.75, 3.05) is 6.61 Å². The Kier molecular flexibility index (Phi) is 10.3. The number of aliphatic hydroxyl groups excluding tert-OH is 2. The van der Waals surface area contributed by atoms with Crippen LogP contribution in [0.2, 0.25) is 0 Å². The Morgan fingerprint density at radius 2 is 1.52 bits per heavy atom. The summed E-state index contributed by atoms with van der Waals surface area (Å²) >= 11 is 0. The Morgan fingerprint density at radius 1 is 0.929 bits per heavy atom.